The van der Waals surface area contributed by atoms with Crippen LogP contribution >= 0.6 is 0 Å². The third kappa shape index (κ3) is 0.825. The normalized spacial score (nSPS) is 35.9. The molecule has 1 aliphatic heterocycles. The molecule has 2 heteroatoms. The van der Waals surface area contributed by atoms with Crippen molar-refractivity contribution in [2.24, 2.45) is 11.8 Å². The molecule has 0 radical (unpaired) electrons. The maximum atomic E-state index is 7.57. The molecule has 0 aromatic rings. The van der Waals surface area contributed by atoms with E-state index in [0.29, 0.717) is 0 Å². The molecule has 2 fully saturated rings. The lowest BCUT2D eigenvalue weighted by molar-refractivity contribution is 0.450. The van der Waals surface area contributed by atoms with Crippen molar-refractivity contribution in [1.29, 1.82) is 5.41 Å². The van der Waals surface area contributed by atoms with Crippen LogP contribution in [-0.2, 0) is 0 Å². The highest BCUT2D eigenvalue weighted by Crippen LogP contribution is 2.44. The van der Waals surface area contributed by atoms with Crippen LogP contribution in [0.2, 0.25) is 0 Å². The summed E-state index contributed by atoms with van der Waals surface area (Å²) >= 11 is 0. The highest BCUT2D eigenvalue weighted by atomic mass is 15.2. The van der Waals surface area contributed by atoms with Gasteiger partial charge in [-0.05, 0) is 18.3 Å². The second-order valence-electron chi connectivity index (χ2n) is 3.46. The Balaban J connectivity index is 1.90. The van der Waals surface area contributed by atoms with Crippen LogP contribution in [0.15, 0.2) is 0 Å². The van der Waals surface area contributed by atoms with E-state index in [2.05, 4.69) is 11.8 Å². The maximum absolute atomic E-state index is 7.57. The fourth-order valence-corrected chi connectivity index (χ4v) is 1.84. The molecule has 0 spiro atoms. The second-order valence-corrected chi connectivity index (χ2v) is 3.46. The summed E-state index contributed by atoms with van der Waals surface area (Å²) in [6, 6.07) is 0. The van der Waals surface area contributed by atoms with Gasteiger partial charge in [0.1, 0.15) is 0 Å². The molecular formula is C8H14N2. The fourth-order valence-electron chi connectivity index (χ4n) is 1.84. The van der Waals surface area contributed by atoms with Crippen molar-refractivity contribution in [2.75, 3.05) is 13.1 Å². The van der Waals surface area contributed by atoms with Crippen molar-refractivity contribution >= 4 is 5.84 Å². The van der Waals surface area contributed by atoms with E-state index in [4.69, 9.17) is 5.41 Å². The Morgan fingerprint density at radius 3 is 2.60 bits per heavy atom. The first-order valence-corrected chi connectivity index (χ1v) is 4.13. The molecule has 1 heterocycles. The Kier molecular flexibility index (Phi) is 1.22. The second kappa shape index (κ2) is 1.97. The summed E-state index contributed by atoms with van der Waals surface area (Å²) in [6.45, 7) is 4.42. The molecular weight excluding hydrogens is 124 g/mol. The van der Waals surface area contributed by atoms with E-state index in [0.717, 1.165) is 24.1 Å². The lowest BCUT2D eigenvalue weighted by Crippen LogP contribution is -2.28. The number of fused-ring (bicyclic) bond motifs is 1. The van der Waals surface area contributed by atoms with Crippen LogP contribution < -0.4 is 0 Å². The van der Waals surface area contributed by atoms with Gasteiger partial charge in [0.15, 0.2) is 0 Å². The molecule has 2 unspecified atom stereocenters. The number of nitrogens with zero attached hydrogens (tertiary/aromatic N) is 1. The average Bonchev–Trinajstić information content (AvgIpc) is 2.57. The SMILES string of the molecule is CCC(=N)N1CC2CC2C1. The Morgan fingerprint density at radius 1 is 1.50 bits per heavy atom. The smallest absolute Gasteiger partial charge is 0.0955 e. The molecule has 0 aromatic heterocycles. The minimum atomic E-state index is 0.840. The predicted molar refractivity (Wildman–Crippen MR) is 41.2 cm³/mol. The lowest BCUT2D eigenvalue weighted by atomic mass is 10.3. The van der Waals surface area contributed by atoms with Gasteiger partial charge in [-0.15, -0.1) is 0 Å². The van der Waals surface area contributed by atoms with Gasteiger partial charge in [-0.3, -0.25) is 5.41 Å². The Bertz CT molecular complexity index is 155. The Labute approximate surface area is 61.7 Å². The molecule has 10 heavy (non-hydrogen) atoms. The minimum Gasteiger partial charge on any atom is -0.360 e. The number of rotatable bonds is 1. The van der Waals surface area contributed by atoms with Gasteiger partial charge in [-0.1, -0.05) is 6.92 Å². The predicted octanol–water partition coefficient (Wildman–Crippen LogP) is 1.33. The zero-order valence-electron chi connectivity index (χ0n) is 6.43. The largest absolute Gasteiger partial charge is 0.360 e. The van der Waals surface area contributed by atoms with E-state index in [-0.39, 0.29) is 0 Å². The zero-order valence-corrected chi connectivity index (χ0v) is 6.43. The summed E-state index contributed by atoms with van der Waals surface area (Å²) in [7, 11) is 0. The van der Waals surface area contributed by atoms with Gasteiger partial charge in [-0.25, -0.2) is 0 Å². The number of hydrogen-bond acceptors (Lipinski definition) is 1. The van der Waals surface area contributed by atoms with Crippen LogP contribution in [0.4, 0.5) is 0 Å². The standard InChI is InChI=1S/C8H14N2/c1-2-8(9)10-4-6-3-7(6)5-10/h6-7,9H,2-5H2,1H3. The molecule has 2 atom stereocenters. The molecule has 0 amide bonds. The molecule has 1 aliphatic carbocycles. The number of piperidine rings is 1. The van der Waals surface area contributed by atoms with Crippen LogP contribution in [0.1, 0.15) is 19.8 Å². The Hall–Kier alpha value is -0.530. The highest BCUT2D eigenvalue weighted by Gasteiger charge is 2.45. The molecule has 2 rings (SSSR count). The zero-order chi connectivity index (χ0) is 7.14. The molecule has 1 saturated carbocycles. The third-order valence-corrected chi connectivity index (χ3v) is 2.70. The van der Waals surface area contributed by atoms with Crippen LogP contribution in [0, 0.1) is 17.2 Å². The van der Waals surface area contributed by atoms with Gasteiger partial charge in [-0.2, -0.15) is 0 Å². The fraction of sp³-hybridized carbons (Fsp3) is 0.875. The lowest BCUT2D eigenvalue weighted by Gasteiger charge is -2.19. The van der Waals surface area contributed by atoms with Crippen LogP contribution in [0.25, 0.3) is 0 Å². The molecule has 0 aromatic carbocycles. The van der Waals surface area contributed by atoms with Crippen molar-refractivity contribution in [3.63, 3.8) is 0 Å². The van der Waals surface area contributed by atoms with Gasteiger partial charge < -0.3 is 4.90 Å². The third-order valence-electron chi connectivity index (χ3n) is 2.70. The first kappa shape index (κ1) is 6.20. The van der Waals surface area contributed by atoms with E-state index in [1.807, 2.05) is 0 Å². The van der Waals surface area contributed by atoms with E-state index in [9.17, 15) is 0 Å². The topological polar surface area (TPSA) is 27.1 Å². The van der Waals surface area contributed by atoms with E-state index in [1.165, 1.54) is 19.5 Å². The summed E-state index contributed by atoms with van der Waals surface area (Å²) in [5.74, 6) is 2.77. The summed E-state index contributed by atoms with van der Waals surface area (Å²) in [4.78, 5) is 2.23. The van der Waals surface area contributed by atoms with Crippen molar-refractivity contribution < 1.29 is 0 Å². The average molecular weight is 138 g/mol. The number of amidine groups is 1. The van der Waals surface area contributed by atoms with Gasteiger partial charge in [0, 0.05) is 19.5 Å². The first-order valence-electron chi connectivity index (χ1n) is 4.13. The van der Waals surface area contributed by atoms with Gasteiger partial charge >= 0.3 is 0 Å². The van der Waals surface area contributed by atoms with Crippen LogP contribution in [0.5, 0.6) is 0 Å². The summed E-state index contributed by atoms with van der Waals surface area (Å²) < 4.78 is 0. The van der Waals surface area contributed by atoms with Crippen LogP contribution in [-0.4, -0.2) is 23.8 Å². The summed E-state index contributed by atoms with van der Waals surface area (Å²) in [5, 5.41) is 7.57. The van der Waals surface area contributed by atoms with E-state index < -0.39 is 0 Å². The monoisotopic (exact) mass is 138 g/mol. The summed E-state index contributed by atoms with van der Waals surface area (Å²) in [6.07, 6.45) is 2.34. The molecule has 1 N–H and O–H groups in total. The van der Waals surface area contributed by atoms with Gasteiger partial charge in [0.25, 0.3) is 0 Å². The minimum absolute atomic E-state index is 0.840. The van der Waals surface area contributed by atoms with Crippen molar-refractivity contribution in [3.8, 4) is 0 Å². The molecule has 0 bridgehead atoms. The van der Waals surface area contributed by atoms with Gasteiger partial charge in [0.2, 0.25) is 0 Å². The van der Waals surface area contributed by atoms with Crippen molar-refractivity contribution in [1.82, 2.24) is 4.90 Å². The number of nitrogens with one attached hydrogen (secondary N) is 1. The van der Waals surface area contributed by atoms with Gasteiger partial charge in [0.05, 0.1) is 5.84 Å². The molecule has 56 valence electrons. The number of likely N-dealkylation sites (tertiary alicyclic amines) is 1. The highest BCUT2D eigenvalue weighted by molar-refractivity contribution is 5.79. The van der Waals surface area contributed by atoms with E-state index in [1.54, 1.807) is 0 Å². The van der Waals surface area contributed by atoms with E-state index >= 15 is 0 Å². The van der Waals surface area contributed by atoms with Crippen molar-refractivity contribution in [2.45, 2.75) is 19.8 Å². The quantitative estimate of drug-likeness (QED) is 0.429. The van der Waals surface area contributed by atoms with Crippen molar-refractivity contribution in [3.05, 3.63) is 0 Å². The Morgan fingerprint density at radius 2 is 2.10 bits per heavy atom. The molecule has 2 nitrogen and oxygen atoms in total. The summed E-state index contributed by atoms with van der Waals surface area (Å²) in [5.41, 5.74) is 0. The molecule has 2 aliphatic rings. The molecule has 1 saturated heterocycles. The first-order chi connectivity index (χ1) is 4.81. The maximum Gasteiger partial charge on any atom is 0.0955 e. The van der Waals surface area contributed by atoms with Crippen LogP contribution in [0.3, 0.4) is 0 Å². The number of hydrogen-bond donors (Lipinski definition) is 1.